The van der Waals surface area contributed by atoms with Crippen molar-refractivity contribution in [3.63, 3.8) is 0 Å². The Morgan fingerprint density at radius 3 is 2.58 bits per heavy atom. The van der Waals surface area contributed by atoms with E-state index >= 15 is 0 Å². The molecule has 2 aliphatic carbocycles. The zero-order chi connectivity index (χ0) is 14.0. The normalized spacial score (nSPS) is 34.0. The smallest absolute Gasteiger partial charge is 0.223 e. The van der Waals surface area contributed by atoms with E-state index in [0.29, 0.717) is 5.92 Å². The summed E-state index contributed by atoms with van der Waals surface area (Å²) in [5, 5.41) is 3.15. The van der Waals surface area contributed by atoms with Crippen molar-refractivity contribution in [2.45, 2.75) is 65.3 Å². The summed E-state index contributed by atoms with van der Waals surface area (Å²) in [5.41, 5.74) is 6.16. The second-order valence-corrected chi connectivity index (χ2v) is 7.28. The number of hydrogen-bond acceptors (Lipinski definition) is 2. The maximum Gasteiger partial charge on any atom is 0.223 e. The molecule has 2 fully saturated rings. The zero-order valence-corrected chi connectivity index (χ0v) is 12.7. The van der Waals surface area contributed by atoms with Gasteiger partial charge in [-0.15, -0.1) is 0 Å². The van der Waals surface area contributed by atoms with Gasteiger partial charge in [0.05, 0.1) is 0 Å². The van der Waals surface area contributed by atoms with E-state index in [0.717, 1.165) is 31.7 Å². The number of carbonyl (C=O) groups is 1. The summed E-state index contributed by atoms with van der Waals surface area (Å²) < 4.78 is 0. The van der Waals surface area contributed by atoms with Crippen LogP contribution in [0.4, 0.5) is 0 Å². The highest BCUT2D eigenvalue weighted by Gasteiger charge is 2.44. The third kappa shape index (κ3) is 3.50. The molecule has 3 N–H and O–H groups in total. The Hall–Kier alpha value is -0.570. The Balaban J connectivity index is 1.79. The van der Waals surface area contributed by atoms with Crippen LogP contribution in [0, 0.1) is 23.2 Å². The van der Waals surface area contributed by atoms with E-state index in [4.69, 9.17) is 5.73 Å². The molecule has 110 valence electrons. The molecule has 1 amide bonds. The van der Waals surface area contributed by atoms with Gasteiger partial charge in [-0.2, -0.15) is 0 Å². The van der Waals surface area contributed by atoms with Crippen molar-refractivity contribution in [1.29, 1.82) is 0 Å². The lowest BCUT2D eigenvalue weighted by Crippen LogP contribution is -2.51. The summed E-state index contributed by atoms with van der Waals surface area (Å²) in [4.78, 5) is 12.4. The maximum atomic E-state index is 12.4. The Morgan fingerprint density at radius 2 is 1.95 bits per heavy atom. The summed E-state index contributed by atoms with van der Waals surface area (Å²) >= 11 is 0. The highest BCUT2D eigenvalue weighted by atomic mass is 16.1. The predicted octanol–water partition coefficient (Wildman–Crippen LogP) is 2.69. The third-order valence-electron chi connectivity index (χ3n) is 5.60. The molecule has 0 heterocycles. The topological polar surface area (TPSA) is 55.1 Å². The first-order valence-electron chi connectivity index (χ1n) is 7.96. The molecular weight excluding hydrogens is 236 g/mol. The van der Waals surface area contributed by atoms with E-state index in [1.165, 1.54) is 19.3 Å². The van der Waals surface area contributed by atoms with Crippen molar-refractivity contribution in [1.82, 2.24) is 5.32 Å². The molecule has 19 heavy (non-hydrogen) atoms. The lowest BCUT2D eigenvalue weighted by atomic mass is 9.61. The highest BCUT2D eigenvalue weighted by molar-refractivity contribution is 5.79. The van der Waals surface area contributed by atoms with E-state index < -0.39 is 0 Å². The van der Waals surface area contributed by atoms with E-state index in [1.54, 1.807) is 0 Å². The van der Waals surface area contributed by atoms with Crippen LogP contribution in [0.3, 0.4) is 0 Å². The first-order chi connectivity index (χ1) is 8.93. The number of nitrogens with one attached hydrogen (secondary N) is 1. The molecule has 0 radical (unpaired) electrons. The molecule has 0 spiro atoms. The standard InChI is InChI=1S/C16H30N2O/c1-11-14(17)9-8-13(16(11,2)3)15(19)18-10-4-5-12-6-7-12/h11-14H,4-10,17H2,1-3H3,(H,18,19). The van der Waals surface area contributed by atoms with Crippen LogP contribution in [-0.4, -0.2) is 18.5 Å². The fourth-order valence-electron chi connectivity index (χ4n) is 3.45. The van der Waals surface area contributed by atoms with Gasteiger partial charge >= 0.3 is 0 Å². The molecular formula is C16H30N2O. The van der Waals surface area contributed by atoms with Gasteiger partial charge in [0, 0.05) is 18.5 Å². The van der Waals surface area contributed by atoms with Crippen molar-refractivity contribution in [3.05, 3.63) is 0 Å². The number of nitrogens with two attached hydrogens (primary N) is 1. The summed E-state index contributed by atoms with van der Waals surface area (Å²) in [5.74, 6) is 1.74. The molecule has 2 aliphatic rings. The van der Waals surface area contributed by atoms with E-state index in [2.05, 4.69) is 26.1 Å². The summed E-state index contributed by atoms with van der Waals surface area (Å²) in [7, 11) is 0. The fourth-order valence-corrected chi connectivity index (χ4v) is 3.45. The molecule has 0 saturated heterocycles. The molecule has 3 unspecified atom stereocenters. The van der Waals surface area contributed by atoms with E-state index in [9.17, 15) is 4.79 Å². The molecule has 0 aromatic carbocycles. The second-order valence-electron chi connectivity index (χ2n) is 7.28. The molecule has 0 aliphatic heterocycles. The van der Waals surface area contributed by atoms with Gasteiger partial charge in [0.25, 0.3) is 0 Å². The molecule has 2 saturated carbocycles. The number of amides is 1. The lowest BCUT2D eigenvalue weighted by Gasteiger charge is -2.46. The van der Waals surface area contributed by atoms with Gasteiger partial charge in [0.1, 0.15) is 0 Å². The van der Waals surface area contributed by atoms with Gasteiger partial charge in [-0.05, 0) is 42.9 Å². The summed E-state index contributed by atoms with van der Waals surface area (Å²) in [6, 6.07) is 0.244. The Labute approximate surface area is 117 Å². The first kappa shape index (κ1) is 14.8. The first-order valence-corrected chi connectivity index (χ1v) is 7.96. The van der Waals surface area contributed by atoms with Gasteiger partial charge in [-0.3, -0.25) is 4.79 Å². The average Bonchev–Trinajstić information content (AvgIpc) is 3.15. The molecule has 0 bridgehead atoms. The van der Waals surface area contributed by atoms with Crippen LogP contribution < -0.4 is 11.1 Å². The van der Waals surface area contributed by atoms with Gasteiger partial charge in [0.2, 0.25) is 5.91 Å². The minimum absolute atomic E-state index is 0.0121. The molecule has 3 heteroatoms. The van der Waals surface area contributed by atoms with E-state index in [1.807, 2.05) is 0 Å². The Bertz CT molecular complexity index is 323. The molecule has 2 rings (SSSR count). The largest absolute Gasteiger partial charge is 0.356 e. The Kier molecular flexibility index (Phi) is 4.54. The maximum absolute atomic E-state index is 12.4. The van der Waals surface area contributed by atoms with Crippen LogP contribution >= 0.6 is 0 Å². The van der Waals surface area contributed by atoms with Crippen LogP contribution in [0.2, 0.25) is 0 Å². The Morgan fingerprint density at radius 1 is 1.26 bits per heavy atom. The third-order valence-corrected chi connectivity index (χ3v) is 5.60. The zero-order valence-electron chi connectivity index (χ0n) is 12.7. The van der Waals surface area contributed by atoms with Gasteiger partial charge in [-0.25, -0.2) is 0 Å². The predicted molar refractivity (Wildman–Crippen MR) is 78.6 cm³/mol. The fraction of sp³-hybridized carbons (Fsp3) is 0.938. The van der Waals surface area contributed by atoms with E-state index in [-0.39, 0.29) is 23.3 Å². The number of hydrogen-bond donors (Lipinski definition) is 2. The number of rotatable bonds is 5. The molecule has 0 aromatic heterocycles. The summed E-state index contributed by atoms with van der Waals surface area (Å²) in [6.07, 6.45) is 7.14. The minimum atomic E-state index is 0.0121. The van der Waals surface area contributed by atoms with Crippen LogP contribution in [0.5, 0.6) is 0 Å². The van der Waals surface area contributed by atoms with Crippen molar-refractivity contribution >= 4 is 5.91 Å². The van der Waals surface area contributed by atoms with Crippen molar-refractivity contribution < 1.29 is 4.79 Å². The second kappa shape index (κ2) is 5.82. The van der Waals surface area contributed by atoms with Crippen LogP contribution in [0.1, 0.15) is 59.3 Å². The lowest BCUT2D eigenvalue weighted by molar-refractivity contribution is -0.132. The van der Waals surface area contributed by atoms with Crippen LogP contribution in [0.25, 0.3) is 0 Å². The highest BCUT2D eigenvalue weighted by Crippen LogP contribution is 2.44. The summed E-state index contributed by atoms with van der Waals surface area (Å²) in [6.45, 7) is 7.44. The van der Waals surface area contributed by atoms with Crippen LogP contribution in [-0.2, 0) is 4.79 Å². The van der Waals surface area contributed by atoms with Gasteiger partial charge in [0.15, 0.2) is 0 Å². The van der Waals surface area contributed by atoms with Crippen molar-refractivity contribution in [2.75, 3.05) is 6.54 Å². The minimum Gasteiger partial charge on any atom is -0.356 e. The van der Waals surface area contributed by atoms with Crippen LogP contribution in [0.15, 0.2) is 0 Å². The average molecular weight is 266 g/mol. The SMILES string of the molecule is CC1C(N)CCC(C(=O)NCCCC2CC2)C1(C)C. The quantitative estimate of drug-likeness (QED) is 0.752. The molecule has 3 atom stereocenters. The van der Waals surface area contributed by atoms with Gasteiger partial charge in [-0.1, -0.05) is 33.6 Å². The molecule has 0 aromatic rings. The van der Waals surface area contributed by atoms with Crippen molar-refractivity contribution in [3.8, 4) is 0 Å². The number of carbonyl (C=O) groups excluding carboxylic acids is 1. The van der Waals surface area contributed by atoms with Gasteiger partial charge < -0.3 is 11.1 Å². The molecule has 3 nitrogen and oxygen atoms in total. The van der Waals surface area contributed by atoms with Crippen molar-refractivity contribution in [2.24, 2.45) is 28.9 Å². The monoisotopic (exact) mass is 266 g/mol.